The van der Waals surface area contributed by atoms with Crippen molar-refractivity contribution in [3.05, 3.63) is 28.0 Å². The number of esters is 1. The molecule has 5 rings (SSSR count). The summed E-state index contributed by atoms with van der Waals surface area (Å²) in [5, 5.41) is 11.5. The van der Waals surface area contributed by atoms with Crippen LogP contribution in [-0.4, -0.2) is 49.1 Å². The molecule has 0 radical (unpaired) electrons. The number of anilines is 1. The van der Waals surface area contributed by atoms with Crippen LogP contribution < -0.4 is 4.90 Å². The van der Waals surface area contributed by atoms with Crippen LogP contribution in [0.15, 0.2) is 18.2 Å². The molecule has 1 amide bonds. The molecule has 1 aliphatic heterocycles. The quantitative estimate of drug-likeness (QED) is 0.304. The second kappa shape index (κ2) is 12.8. The van der Waals surface area contributed by atoms with E-state index in [1.807, 2.05) is 23.1 Å². The number of aliphatic hydroxyl groups is 1. The number of carbonyl (C=O) groups is 2. The molecule has 2 atom stereocenters. The Morgan fingerprint density at radius 2 is 1.82 bits per heavy atom. The largest absolute Gasteiger partial charge is 0.465 e. The Morgan fingerprint density at radius 3 is 2.46 bits per heavy atom. The summed E-state index contributed by atoms with van der Waals surface area (Å²) >= 11 is 1.27. The summed E-state index contributed by atoms with van der Waals surface area (Å²) in [6.07, 6.45) is 16.7. The van der Waals surface area contributed by atoms with Gasteiger partial charge in [-0.25, -0.2) is 4.79 Å². The highest BCUT2D eigenvalue weighted by Crippen LogP contribution is 2.44. The molecule has 4 aliphatic rings. The molecule has 1 aromatic rings. The van der Waals surface area contributed by atoms with Gasteiger partial charge in [-0.2, -0.15) is 0 Å². The van der Waals surface area contributed by atoms with Gasteiger partial charge in [0.25, 0.3) is 0 Å². The first-order valence-corrected chi connectivity index (χ1v) is 15.9. The van der Waals surface area contributed by atoms with Gasteiger partial charge in [0.2, 0.25) is 5.91 Å². The Labute approximate surface area is 236 Å². The molecule has 3 fully saturated rings. The molecule has 7 nitrogen and oxygen atoms in total. The van der Waals surface area contributed by atoms with Crippen LogP contribution in [0, 0.1) is 11.8 Å². The van der Waals surface area contributed by atoms with E-state index in [1.54, 1.807) is 0 Å². The summed E-state index contributed by atoms with van der Waals surface area (Å²) in [5.74, 6) is 0.258. The maximum Gasteiger partial charge on any atom is 0.350 e. The predicted octanol–water partition coefficient (Wildman–Crippen LogP) is 6.48. The minimum absolute atomic E-state index is 0.0219. The fourth-order valence-corrected chi connectivity index (χ4v) is 7.91. The molecule has 0 aromatic carbocycles. The van der Waals surface area contributed by atoms with Crippen LogP contribution in [0.2, 0.25) is 0 Å². The topological polar surface area (TPSA) is 85.3 Å². The van der Waals surface area contributed by atoms with E-state index in [1.165, 1.54) is 18.4 Å². The van der Waals surface area contributed by atoms with Gasteiger partial charge in [-0.05, 0) is 102 Å². The lowest BCUT2D eigenvalue weighted by atomic mass is 9.81. The third kappa shape index (κ3) is 6.61. The lowest BCUT2D eigenvalue weighted by molar-refractivity contribution is -0.193. The summed E-state index contributed by atoms with van der Waals surface area (Å²) in [7, 11) is 1.38. The molecule has 216 valence electrons. The number of allylic oxidation sites excluding steroid dienone is 1. The highest BCUT2D eigenvalue weighted by molar-refractivity contribution is 7.14. The smallest absolute Gasteiger partial charge is 0.350 e. The third-order valence-electron chi connectivity index (χ3n) is 9.19. The van der Waals surface area contributed by atoms with Crippen molar-refractivity contribution >= 4 is 28.9 Å². The molecule has 2 unspecified atom stereocenters. The van der Waals surface area contributed by atoms with Crippen molar-refractivity contribution in [2.24, 2.45) is 11.8 Å². The Bertz CT molecular complexity index is 1020. The molecule has 1 aromatic heterocycles. The van der Waals surface area contributed by atoms with Crippen molar-refractivity contribution < 1.29 is 28.9 Å². The predicted molar refractivity (Wildman–Crippen MR) is 152 cm³/mol. The Kier molecular flexibility index (Phi) is 9.47. The zero-order chi connectivity index (χ0) is 27.4. The van der Waals surface area contributed by atoms with Gasteiger partial charge in [0.05, 0.1) is 18.9 Å². The average molecular weight is 560 g/mol. The van der Waals surface area contributed by atoms with Gasteiger partial charge >= 0.3 is 5.97 Å². The van der Waals surface area contributed by atoms with Crippen LogP contribution in [0.5, 0.6) is 0 Å². The van der Waals surface area contributed by atoms with Gasteiger partial charge in [0.15, 0.2) is 6.29 Å². The zero-order valence-corrected chi connectivity index (χ0v) is 24.4. The van der Waals surface area contributed by atoms with Crippen LogP contribution in [0.25, 0.3) is 0 Å². The van der Waals surface area contributed by atoms with E-state index in [0.717, 1.165) is 90.1 Å². The number of hydrogen-bond acceptors (Lipinski definition) is 7. The van der Waals surface area contributed by atoms with E-state index in [0.29, 0.717) is 27.8 Å². The summed E-state index contributed by atoms with van der Waals surface area (Å²) in [6.45, 7) is 3.02. The number of nitrogens with zero attached hydrogens (tertiary/aromatic N) is 1. The van der Waals surface area contributed by atoms with E-state index in [4.69, 9.17) is 14.2 Å². The molecule has 3 aliphatic carbocycles. The fraction of sp³-hybridized carbons (Fsp3) is 0.742. The first kappa shape index (κ1) is 28.8. The molecular formula is C31H45NO6S. The Hall–Kier alpha value is -1.74. The van der Waals surface area contributed by atoms with Crippen LogP contribution in [0.1, 0.15) is 111 Å². The molecule has 39 heavy (non-hydrogen) atoms. The SMILES string of the molecule is COC(=O)c1sc(C2(O)C=CCCC2)cc1N(C(=O)C1CCC(C)CC1)C1CCC(OC2CCCCO2)CC1. The highest BCUT2D eigenvalue weighted by atomic mass is 32.1. The van der Waals surface area contributed by atoms with Crippen LogP contribution in [-0.2, 0) is 24.6 Å². The Morgan fingerprint density at radius 1 is 1.05 bits per heavy atom. The number of carbonyl (C=O) groups excluding carboxylic acids is 2. The molecule has 2 saturated carbocycles. The minimum atomic E-state index is -1.12. The van der Waals surface area contributed by atoms with Gasteiger partial charge in [0, 0.05) is 23.4 Å². The van der Waals surface area contributed by atoms with Gasteiger partial charge in [-0.15, -0.1) is 11.3 Å². The Balaban J connectivity index is 1.42. The van der Waals surface area contributed by atoms with E-state index < -0.39 is 11.6 Å². The number of rotatable bonds is 7. The van der Waals surface area contributed by atoms with Crippen LogP contribution in [0.3, 0.4) is 0 Å². The number of ether oxygens (including phenoxy) is 3. The first-order chi connectivity index (χ1) is 18.9. The normalized spacial score (nSPS) is 33.5. The van der Waals surface area contributed by atoms with E-state index >= 15 is 0 Å². The molecule has 1 saturated heterocycles. The monoisotopic (exact) mass is 559 g/mol. The molecule has 0 bridgehead atoms. The number of methoxy groups -OCH3 is 1. The number of amides is 1. The zero-order valence-electron chi connectivity index (χ0n) is 23.6. The maximum atomic E-state index is 14.3. The summed E-state index contributed by atoms with van der Waals surface area (Å²) in [6, 6.07) is 1.88. The van der Waals surface area contributed by atoms with Crippen molar-refractivity contribution in [3.63, 3.8) is 0 Å². The molecular weight excluding hydrogens is 514 g/mol. The van der Waals surface area contributed by atoms with Crippen molar-refractivity contribution in [1.82, 2.24) is 0 Å². The lowest BCUT2D eigenvalue weighted by Gasteiger charge is -2.40. The van der Waals surface area contributed by atoms with Gasteiger partial charge in [-0.3, -0.25) is 4.79 Å². The van der Waals surface area contributed by atoms with Gasteiger partial charge < -0.3 is 24.2 Å². The molecule has 2 heterocycles. The maximum absolute atomic E-state index is 14.3. The minimum Gasteiger partial charge on any atom is -0.465 e. The van der Waals surface area contributed by atoms with E-state index in [2.05, 4.69) is 6.92 Å². The molecule has 8 heteroatoms. The van der Waals surface area contributed by atoms with Crippen LogP contribution in [0.4, 0.5) is 5.69 Å². The lowest BCUT2D eigenvalue weighted by Crippen LogP contribution is -2.47. The van der Waals surface area contributed by atoms with Gasteiger partial charge in [0.1, 0.15) is 10.5 Å². The van der Waals surface area contributed by atoms with E-state index in [9.17, 15) is 14.7 Å². The molecule has 0 spiro atoms. The van der Waals surface area contributed by atoms with Gasteiger partial charge in [-0.1, -0.05) is 19.1 Å². The fourth-order valence-electron chi connectivity index (χ4n) is 6.74. The number of hydrogen-bond donors (Lipinski definition) is 1. The summed E-state index contributed by atoms with van der Waals surface area (Å²) in [5.41, 5.74) is -0.511. The van der Waals surface area contributed by atoms with E-state index in [-0.39, 0.29) is 30.3 Å². The summed E-state index contributed by atoms with van der Waals surface area (Å²) in [4.78, 5) is 30.4. The highest BCUT2D eigenvalue weighted by Gasteiger charge is 2.40. The second-order valence-corrected chi connectivity index (χ2v) is 13.1. The van der Waals surface area contributed by atoms with Crippen molar-refractivity contribution in [2.45, 2.75) is 121 Å². The summed E-state index contributed by atoms with van der Waals surface area (Å²) < 4.78 is 17.3. The second-order valence-electron chi connectivity index (χ2n) is 12.1. The van der Waals surface area contributed by atoms with Crippen molar-refractivity contribution in [2.75, 3.05) is 18.6 Å². The van der Waals surface area contributed by atoms with Crippen LogP contribution >= 0.6 is 11.3 Å². The third-order valence-corrected chi connectivity index (χ3v) is 10.5. The standard InChI is InChI=1S/C31H45NO6S/c1-21-9-11-22(12-10-21)29(33)32(23-13-15-24(16-14-23)38-27-8-4-7-19-37-27)25-20-26(39-28(25)30(34)36-2)31(35)17-5-3-6-18-31/h5,17,20-24,27,35H,3-4,6-16,18-19H2,1-2H3. The average Bonchev–Trinajstić information content (AvgIpc) is 3.41. The van der Waals surface area contributed by atoms with Crippen molar-refractivity contribution in [3.8, 4) is 0 Å². The van der Waals surface area contributed by atoms with Crippen molar-refractivity contribution in [1.29, 1.82) is 0 Å². The first-order valence-electron chi connectivity index (χ1n) is 15.1. The molecule has 1 N–H and O–H groups in total. The number of thiophene rings is 1.